The number of hydrogen-bond acceptors (Lipinski definition) is 5. The summed E-state index contributed by atoms with van der Waals surface area (Å²) in [6.07, 6.45) is 3.08. The maximum absolute atomic E-state index is 8.35. The van der Waals surface area contributed by atoms with Crippen LogP contribution in [-0.2, 0) is 0 Å². The summed E-state index contributed by atoms with van der Waals surface area (Å²) >= 11 is 1.59. The number of thioether (sulfide) groups is 1. The van der Waals surface area contributed by atoms with Crippen LogP contribution in [-0.4, -0.2) is 26.8 Å². The second kappa shape index (κ2) is 4.66. The van der Waals surface area contributed by atoms with Crippen LogP contribution in [0.5, 0.6) is 0 Å². The van der Waals surface area contributed by atoms with Gasteiger partial charge in [-0.2, -0.15) is 0 Å². The maximum Gasteiger partial charge on any atom is 0.190 e. The molecule has 1 aromatic rings. The molecule has 6 heteroatoms. The molecule has 0 atom stereocenters. The first-order valence-electron chi connectivity index (χ1n) is 3.70. The normalized spacial score (nSPS) is 11.6. The average Bonchev–Trinajstić information content (AvgIpc) is 2.18. The van der Waals surface area contributed by atoms with Crippen molar-refractivity contribution in [3.05, 3.63) is 18.1 Å². The molecule has 0 spiro atoms. The highest BCUT2D eigenvalue weighted by atomic mass is 32.2. The van der Waals surface area contributed by atoms with Gasteiger partial charge in [-0.1, -0.05) is 12.1 Å². The van der Waals surface area contributed by atoms with E-state index >= 15 is 0 Å². The fraction of sp³-hybridized carbons (Fsp3) is 0.286. The van der Waals surface area contributed by atoms with Gasteiger partial charge in [0.1, 0.15) is 10.7 Å². The SMILES string of the molecule is CCSc1cnc(C(N)=NO)cn1. The van der Waals surface area contributed by atoms with Gasteiger partial charge in [0.15, 0.2) is 5.84 Å². The molecule has 5 nitrogen and oxygen atoms in total. The first kappa shape index (κ1) is 9.79. The fourth-order valence-electron chi connectivity index (χ4n) is 0.722. The van der Waals surface area contributed by atoms with Gasteiger partial charge >= 0.3 is 0 Å². The summed E-state index contributed by atoms with van der Waals surface area (Å²) in [4.78, 5) is 8.03. The lowest BCUT2D eigenvalue weighted by atomic mass is 10.4. The number of nitrogens with two attached hydrogens (primary N) is 1. The van der Waals surface area contributed by atoms with Crippen molar-refractivity contribution >= 4 is 17.6 Å². The fourth-order valence-corrected chi connectivity index (χ4v) is 1.27. The highest BCUT2D eigenvalue weighted by molar-refractivity contribution is 7.99. The lowest BCUT2D eigenvalue weighted by molar-refractivity contribution is 0.318. The van der Waals surface area contributed by atoms with Crippen LogP contribution in [0.3, 0.4) is 0 Å². The lowest BCUT2D eigenvalue weighted by Crippen LogP contribution is -2.15. The minimum atomic E-state index is -0.0273. The summed E-state index contributed by atoms with van der Waals surface area (Å²) in [5.74, 6) is 0.915. The minimum absolute atomic E-state index is 0.0273. The molecule has 70 valence electrons. The van der Waals surface area contributed by atoms with Gasteiger partial charge in [-0.15, -0.1) is 11.8 Å². The van der Waals surface area contributed by atoms with Crippen molar-refractivity contribution < 1.29 is 5.21 Å². The Kier molecular flexibility index (Phi) is 3.51. The molecule has 0 fully saturated rings. The van der Waals surface area contributed by atoms with E-state index < -0.39 is 0 Å². The topological polar surface area (TPSA) is 84.4 Å². The molecular formula is C7H10N4OS. The van der Waals surface area contributed by atoms with Gasteiger partial charge in [0.2, 0.25) is 0 Å². The molecule has 0 bridgehead atoms. The van der Waals surface area contributed by atoms with Gasteiger partial charge in [0, 0.05) is 0 Å². The van der Waals surface area contributed by atoms with Crippen LogP contribution < -0.4 is 5.73 Å². The molecule has 0 unspecified atom stereocenters. The summed E-state index contributed by atoms with van der Waals surface area (Å²) in [5, 5.41) is 12.0. The maximum atomic E-state index is 8.35. The quantitative estimate of drug-likeness (QED) is 0.245. The van der Waals surface area contributed by atoms with Gasteiger partial charge in [0.05, 0.1) is 12.4 Å². The minimum Gasteiger partial charge on any atom is -0.409 e. The van der Waals surface area contributed by atoms with E-state index in [2.05, 4.69) is 15.1 Å². The van der Waals surface area contributed by atoms with E-state index in [-0.39, 0.29) is 5.84 Å². The molecule has 3 N–H and O–H groups in total. The average molecular weight is 198 g/mol. The smallest absolute Gasteiger partial charge is 0.190 e. The Morgan fingerprint density at radius 2 is 2.38 bits per heavy atom. The van der Waals surface area contributed by atoms with Crippen molar-refractivity contribution in [3.8, 4) is 0 Å². The molecule has 0 aliphatic rings. The lowest BCUT2D eigenvalue weighted by Gasteiger charge is -1.98. The zero-order valence-corrected chi connectivity index (χ0v) is 7.95. The molecule has 0 radical (unpaired) electrons. The van der Waals surface area contributed by atoms with Crippen LogP contribution in [0.4, 0.5) is 0 Å². The third-order valence-corrected chi connectivity index (χ3v) is 2.09. The molecule has 1 aromatic heterocycles. The molecule has 1 rings (SSSR count). The van der Waals surface area contributed by atoms with Crippen molar-refractivity contribution in [2.24, 2.45) is 10.9 Å². The van der Waals surface area contributed by atoms with Crippen molar-refractivity contribution in [1.29, 1.82) is 0 Å². The standard InChI is InChI=1S/C7H10N4OS/c1-2-13-6-4-9-5(3-10-6)7(8)11-12/h3-4,12H,2H2,1H3,(H2,8,11). The predicted molar refractivity (Wildman–Crippen MR) is 50.9 cm³/mol. The van der Waals surface area contributed by atoms with Crippen LogP contribution in [0, 0.1) is 0 Å². The number of oxime groups is 1. The Labute approximate surface area is 80.1 Å². The van der Waals surface area contributed by atoms with E-state index in [1.165, 1.54) is 6.20 Å². The first-order valence-corrected chi connectivity index (χ1v) is 4.69. The van der Waals surface area contributed by atoms with Crippen molar-refractivity contribution in [3.63, 3.8) is 0 Å². The Morgan fingerprint density at radius 1 is 1.62 bits per heavy atom. The molecule has 0 saturated carbocycles. The van der Waals surface area contributed by atoms with Gasteiger partial charge in [-0.05, 0) is 5.75 Å². The Morgan fingerprint density at radius 3 is 2.85 bits per heavy atom. The van der Waals surface area contributed by atoms with E-state index in [0.29, 0.717) is 5.69 Å². The molecule has 0 aliphatic heterocycles. The molecular weight excluding hydrogens is 188 g/mol. The third-order valence-electron chi connectivity index (χ3n) is 1.29. The van der Waals surface area contributed by atoms with E-state index in [0.717, 1.165) is 10.8 Å². The number of aromatic nitrogens is 2. The molecule has 13 heavy (non-hydrogen) atoms. The van der Waals surface area contributed by atoms with E-state index in [4.69, 9.17) is 10.9 Å². The summed E-state index contributed by atoms with van der Waals surface area (Å²) in [5.41, 5.74) is 5.69. The number of hydrogen-bond donors (Lipinski definition) is 2. The van der Waals surface area contributed by atoms with E-state index in [9.17, 15) is 0 Å². The third kappa shape index (κ3) is 2.59. The summed E-state index contributed by atoms with van der Waals surface area (Å²) < 4.78 is 0. The molecule has 0 aliphatic carbocycles. The van der Waals surface area contributed by atoms with Crippen LogP contribution in [0.15, 0.2) is 22.6 Å². The number of amidine groups is 1. The first-order chi connectivity index (χ1) is 6.27. The van der Waals surface area contributed by atoms with Crippen molar-refractivity contribution in [2.45, 2.75) is 11.9 Å². The monoisotopic (exact) mass is 198 g/mol. The van der Waals surface area contributed by atoms with Crippen molar-refractivity contribution in [2.75, 3.05) is 5.75 Å². The van der Waals surface area contributed by atoms with E-state index in [1.807, 2.05) is 6.92 Å². The van der Waals surface area contributed by atoms with Crippen LogP contribution in [0.1, 0.15) is 12.6 Å². The van der Waals surface area contributed by atoms with Crippen LogP contribution in [0.2, 0.25) is 0 Å². The Hall–Kier alpha value is -1.30. The Balaban J connectivity index is 2.81. The molecule has 0 saturated heterocycles. The molecule has 1 heterocycles. The second-order valence-electron chi connectivity index (χ2n) is 2.16. The number of rotatable bonds is 3. The Bertz CT molecular complexity index is 298. The summed E-state index contributed by atoms with van der Waals surface area (Å²) in [7, 11) is 0. The van der Waals surface area contributed by atoms with Gasteiger partial charge in [0.25, 0.3) is 0 Å². The summed E-state index contributed by atoms with van der Waals surface area (Å²) in [6, 6.07) is 0. The van der Waals surface area contributed by atoms with E-state index in [1.54, 1.807) is 18.0 Å². The highest BCUT2D eigenvalue weighted by Crippen LogP contribution is 2.12. The van der Waals surface area contributed by atoms with Crippen molar-refractivity contribution in [1.82, 2.24) is 9.97 Å². The van der Waals surface area contributed by atoms with Crippen LogP contribution >= 0.6 is 11.8 Å². The summed E-state index contributed by atoms with van der Waals surface area (Å²) in [6.45, 7) is 2.03. The van der Waals surface area contributed by atoms with Gasteiger partial charge < -0.3 is 10.9 Å². The van der Waals surface area contributed by atoms with Gasteiger partial charge in [-0.3, -0.25) is 0 Å². The molecule has 0 aromatic carbocycles. The zero-order chi connectivity index (χ0) is 9.68. The number of nitrogens with zero attached hydrogens (tertiary/aromatic N) is 3. The predicted octanol–water partition coefficient (Wildman–Crippen LogP) is 0.683. The molecule has 0 amide bonds. The zero-order valence-electron chi connectivity index (χ0n) is 7.14. The highest BCUT2D eigenvalue weighted by Gasteiger charge is 2.01. The second-order valence-corrected chi connectivity index (χ2v) is 3.44. The van der Waals surface area contributed by atoms with Gasteiger partial charge in [-0.25, -0.2) is 9.97 Å². The van der Waals surface area contributed by atoms with Crippen LogP contribution in [0.25, 0.3) is 0 Å². The largest absolute Gasteiger partial charge is 0.409 e.